The van der Waals surface area contributed by atoms with Crippen LogP contribution in [0.5, 0.6) is 0 Å². The van der Waals surface area contributed by atoms with Crippen molar-refractivity contribution in [1.29, 1.82) is 0 Å². The highest BCUT2D eigenvalue weighted by molar-refractivity contribution is 5.95. The molecule has 8 heteroatoms. The van der Waals surface area contributed by atoms with Crippen molar-refractivity contribution in [2.24, 2.45) is 11.8 Å². The number of anilines is 2. The van der Waals surface area contributed by atoms with E-state index < -0.39 is 11.2 Å². The molecule has 1 aliphatic carbocycles. The van der Waals surface area contributed by atoms with Crippen LogP contribution < -0.4 is 21.9 Å². The van der Waals surface area contributed by atoms with Gasteiger partial charge in [0.25, 0.3) is 5.56 Å². The molecule has 0 fully saturated rings. The zero-order valence-electron chi connectivity index (χ0n) is 15.7. The zero-order chi connectivity index (χ0) is 19.3. The molecule has 0 saturated carbocycles. The Balaban J connectivity index is 2.42. The lowest BCUT2D eigenvalue weighted by Gasteiger charge is -2.25. The topological polar surface area (TPSA) is 110 Å². The van der Waals surface area contributed by atoms with E-state index >= 15 is 0 Å². The van der Waals surface area contributed by atoms with Crippen LogP contribution in [0.15, 0.2) is 21.7 Å². The summed E-state index contributed by atoms with van der Waals surface area (Å²) in [5, 5.41) is 0. The number of nitrogens with one attached hydrogen (secondary N) is 1. The second-order valence-corrected chi connectivity index (χ2v) is 7.01. The summed E-state index contributed by atoms with van der Waals surface area (Å²) in [6.07, 6.45) is 6.25. The lowest BCUT2D eigenvalue weighted by molar-refractivity contribution is -0.119. The van der Waals surface area contributed by atoms with Crippen LogP contribution in [0.3, 0.4) is 0 Å². The fourth-order valence-electron chi connectivity index (χ4n) is 3.13. The van der Waals surface area contributed by atoms with E-state index in [4.69, 9.17) is 10.5 Å². The molecule has 0 aromatic carbocycles. The second kappa shape index (κ2) is 8.84. The van der Waals surface area contributed by atoms with E-state index in [1.807, 2.05) is 19.9 Å². The number of hydrogen-bond donors (Lipinski definition) is 2. The summed E-state index contributed by atoms with van der Waals surface area (Å²) in [6.45, 7) is 4.69. The molecule has 2 rings (SSSR count). The molecule has 0 aliphatic heterocycles. The fourth-order valence-corrected chi connectivity index (χ4v) is 3.13. The van der Waals surface area contributed by atoms with E-state index in [9.17, 15) is 14.4 Å². The van der Waals surface area contributed by atoms with Crippen molar-refractivity contribution < 1.29 is 9.53 Å². The Morgan fingerprint density at radius 2 is 2.19 bits per heavy atom. The number of aromatic amines is 1. The lowest BCUT2D eigenvalue weighted by Crippen LogP contribution is -2.43. The summed E-state index contributed by atoms with van der Waals surface area (Å²) in [6, 6.07) is 0. The molecular weight excluding hydrogens is 336 g/mol. The number of nitrogen functional groups attached to an aromatic ring is 1. The monoisotopic (exact) mass is 364 g/mol. The van der Waals surface area contributed by atoms with Crippen LogP contribution in [-0.4, -0.2) is 35.7 Å². The predicted octanol–water partition coefficient (Wildman–Crippen LogP) is 1.11. The van der Waals surface area contributed by atoms with Gasteiger partial charge in [0.15, 0.2) is 5.69 Å². The van der Waals surface area contributed by atoms with E-state index in [0.29, 0.717) is 13.0 Å². The van der Waals surface area contributed by atoms with E-state index in [0.717, 1.165) is 12.8 Å². The number of carbonyl (C=O) groups is 1. The molecule has 0 spiro atoms. The van der Waals surface area contributed by atoms with Crippen molar-refractivity contribution in [2.75, 3.05) is 30.9 Å². The molecule has 1 aromatic heterocycles. The number of nitrogens with zero attached hydrogens (tertiary/aromatic N) is 2. The standard InChI is InChI=1S/C18H28N4O4/c1-12(2)11-22-16(19)15(17(24)20-18(22)25)21(8-9-26-3)14(23)10-13-6-4-5-7-13/h4,6,12-13H,5,7-11,19H2,1-3H3,(H,20,24,25). The van der Waals surface area contributed by atoms with Gasteiger partial charge in [-0.05, 0) is 24.7 Å². The van der Waals surface area contributed by atoms with E-state index in [2.05, 4.69) is 11.1 Å². The Hall–Kier alpha value is -2.35. The van der Waals surface area contributed by atoms with Gasteiger partial charge < -0.3 is 15.4 Å². The van der Waals surface area contributed by atoms with Gasteiger partial charge in [0.1, 0.15) is 5.82 Å². The van der Waals surface area contributed by atoms with E-state index in [1.165, 1.54) is 16.6 Å². The first-order valence-electron chi connectivity index (χ1n) is 8.93. The fraction of sp³-hybridized carbons (Fsp3) is 0.611. The first-order chi connectivity index (χ1) is 12.3. The Morgan fingerprint density at radius 1 is 1.46 bits per heavy atom. The van der Waals surface area contributed by atoms with Gasteiger partial charge in [-0.3, -0.25) is 19.1 Å². The number of rotatable bonds is 8. The molecule has 0 bridgehead atoms. The molecule has 8 nitrogen and oxygen atoms in total. The summed E-state index contributed by atoms with van der Waals surface area (Å²) in [4.78, 5) is 41.1. The van der Waals surface area contributed by atoms with Crippen LogP contribution in [0.4, 0.5) is 11.5 Å². The third-order valence-electron chi connectivity index (χ3n) is 4.40. The summed E-state index contributed by atoms with van der Waals surface area (Å²) in [5.41, 5.74) is 4.95. The Morgan fingerprint density at radius 3 is 2.77 bits per heavy atom. The number of nitrogens with two attached hydrogens (primary N) is 1. The van der Waals surface area contributed by atoms with Gasteiger partial charge in [-0.2, -0.15) is 0 Å². The number of ether oxygens (including phenoxy) is 1. The van der Waals surface area contributed by atoms with Gasteiger partial charge in [-0.25, -0.2) is 4.79 Å². The average Bonchev–Trinajstić information content (AvgIpc) is 3.07. The van der Waals surface area contributed by atoms with Crippen molar-refractivity contribution in [3.8, 4) is 0 Å². The minimum atomic E-state index is -0.654. The summed E-state index contributed by atoms with van der Waals surface area (Å²) < 4.78 is 6.39. The number of H-pyrrole nitrogens is 1. The minimum absolute atomic E-state index is 0.0128. The normalized spacial score (nSPS) is 16.4. The molecule has 1 heterocycles. The number of hydrogen-bond acceptors (Lipinski definition) is 5. The Labute approximate surface area is 152 Å². The first-order valence-corrected chi connectivity index (χ1v) is 8.93. The molecule has 1 amide bonds. The highest BCUT2D eigenvalue weighted by atomic mass is 16.5. The van der Waals surface area contributed by atoms with Crippen molar-refractivity contribution >= 4 is 17.4 Å². The molecule has 144 valence electrons. The largest absolute Gasteiger partial charge is 0.383 e. The van der Waals surface area contributed by atoms with Gasteiger partial charge >= 0.3 is 5.69 Å². The maximum absolute atomic E-state index is 12.9. The predicted molar refractivity (Wildman–Crippen MR) is 101 cm³/mol. The maximum atomic E-state index is 12.9. The number of methoxy groups -OCH3 is 1. The summed E-state index contributed by atoms with van der Waals surface area (Å²) in [5.74, 6) is 0.124. The first kappa shape index (κ1) is 20.0. The second-order valence-electron chi connectivity index (χ2n) is 7.01. The molecule has 1 atom stereocenters. The molecule has 1 unspecified atom stereocenters. The van der Waals surface area contributed by atoms with Crippen molar-refractivity contribution in [3.63, 3.8) is 0 Å². The van der Waals surface area contributed by atoms with Crippen molar-refractivity contribution in [2.45, 2.75) is 39.7 Å². The zero-order valence-corrected chi connectivity index (χ0v) is 15.7. The van der Waals surface area contributed by atoms with Gasteiger partial charge in [0.05, 0.1) is 6.61 Å². The van der Waals surface area contributed by atoms with Crippen molar-refractivity contribution in [1.82, 2.24) is 9.55 Å². The quantitative estimate of drug-likeness (QED) is 0.672. The highest BCUT2D eigenvalue weighted by Gasteiger charge is 2.26. The van der Waals surface area contributed by atoms with Crippen LogP contribution in [0, 0.1) is 11.8 Å². The highest BCUT2D eigenvalue weighted by Crippen LogP contribution is 2.24. The van der Waals surface area contributed by atoms with Gasteiger partial charge in [-0.15, -0.1) is 0 Å². The van der Waals surface area contributed by atoms with Crippen LogP contribution in [-0.2, 0) is 16.1 Å². The smallest absolute Gasteiger partial charge is 0.330 e. The van der Waals surface area contributed by atoms with E-state index in [1.54, 1.807) is 0 Å². The molecule has 3 N–H and O–H groups in total. The van der Waals surface area contributed by atoms with Gasteiger partial charge in [-0.1, -0.05) is 26.0 Å². The van der Waals surface area contributed by atoms with E-state index in [-0.39, 0.29) is 42.4 Å². The van der Waals surface area contributed by atoms with Crippen LogP contribution in [0.2, 0.25) is 0 Å². The lowest BCUT2D eigenvalue weighted by atomic mass is 10.0. The van der Waals surface area contributed by atoms with Crippen LogP contribution in [0.1, 0.15) is 33.1 Å². The molecule has 0 saturated heterocycles. The Bertz CT molecular complexity index is 778. The molecule has 1 aliphatic rings. The molecule has 0 radical (unpaired) electrons. The minimum Gasteiger partial charge on any atom is -0.383 e. The van der Waals surface area contributed by atoms with Crippen LogP contribution in [0.25, 0.3) is 0 Å². The number of amides is 1. The van der Waals surface area contributed by atoms with Gasteiger partial charge in [0, 0.05) is 26.6 Å². The molecule has 1 aromatic rings. The number of allylic oxidation sites excluding steroid dienone is 2. The Kier molecular flexibility index (Phi) is 6.79. The molecule has 26 heavy (non-hydrogen) atoms. The summed E-state index contributed by atoms with van der Waals surface area (Å²) >= 11 is 0. The van der Waals surface area contributed by atoms with Crippen LogP contribution >= 0.6 is 0 Å². The van der Waals surface area contributed by atoms with Crippen molar-refractivity contribution in [3.05, 3.63) is 33.0 Å². The van der Waals surface area contributed by atoms with Gasteiger partial charge in [0.2, 0.25) is 5.91 Å². The third kappa shape index (κ3) is 4.63. The molecular formula is C18H28N4O4. The average molecular weight is 364 g/mol. The maximum Gasteiger partial charge on any atom is 0.330 e. The number of aromatic nitrogens is 2. The number of carbonyl (C=O) groups excluding carboxylic acids is 1. The SMILES string of the molecule is COCCN(C(=O)CC1C=CCC1)c1c(N)n(CC(C)C)c(=O)[nH]c1=O. The third-order valence-corrected chi connectivity index (χ3v) is 4.40. The summed E-state index contributed by atoms with van der Waals surface area (Å²) in [7, 11) is 1.52.